The molecule has 9 N–H and O–H groups in total. The van der Waals surface area contributed by atoms with Gasteiger partial charge in [0.2, 0.25) is 11.8 Å². The van der Waals surface area contributed by atoms with E-state index in [9.17, 15) is 24.3 Å². The first-order chi connectivity index (χ1) is 15.2. The molecule has 0 aliphatic heterocycles. The molecule has 0 saturated carbocycles. The maximum Gasteiger partial charge on any atom is 0.326 e. The second-order valence-electron chi connectivity index (χ2n) is 7.51. The average Bonchev–Trinajstić information content (AvgIpc) is 3.15. The van der Waals surface area contributed by atoms with Crippen molar-refractivity contribution in [2.75, 3.05) is 6.54 Å². The van der Waals surface area contributed by atoms with E-state index in [1.165, 1.54) is 0 Å². The zero-order chi connectivity index (χ0) is 23.7. The lowest BCUT2D eigenvalue weighted by Crippen LogP contribution is -2.55. The van der Waals surface area contributed by atoms with Crippen LogP contribution in [0.1, 0.15) is 31.2 Å². The Morgan fingerprint density at radius 2 is 1.69 bits per heavy atom. The van der Waals surface area contributed by atoms with Gasteiger partial charge < -0.3 is 37.3 Å². The molecular formula is C21H29N5O6. The van der Waals surface area contributed by atoms with Gasteiger partial charge in [-0.05, 0) is 31.0 Å². The minimum Gasteiger partial charge on any atom is -0.481 e. The predicted molar refractivity (Wildman–Crippen MR) is 117 cm³/mol. The molecule has 1 aromatic heterocycles. The lowest BCUT2D eigenvalue weighted by Gasteiger charge is -2.22. The first kappa shape index (κ1) is 24.8. The van der Waals surface area contributed by atoms with Gasteiger partial charge in [-0.3, -0.25) is 14.4 Å². The highest BCUT2D eigenvalue weighted by atomic mass is 16.4. The average molecular weight is 447 g/mol. The maximum atomic E-state index is 12.7. The van der Waals surface area contributed by atoms with Gasteiger partial charge in [-0.1, -0.05) is 24.6 Å². The summed E-state index contributed by atoms with van der Waals surface area (Å²) >= 11 is 0. The molecule has 174 valence electrons. The van der Waals surface area contributed by atoms with Crippen LogP contribution >= 0.6 is 0 Å². The summed E-state index contributed by atoms with van der Waals surface area (Å²) in [5.74, 6) is -4.22. The molecule has 0 bridgehead atoms. The second-order valence-corrected chi connectivity index (χ2v) is 7.51. The van der Waals surface area contributed by atoms with Crippen LogP contribution in [-0.2, 0) is 25.6 Å². The number of aliphatic carboxylic acids is 2. The van der Waals surface area contributed by atoms with Gasteiger partial charge in [0.05, 0.1) is 12.5 Å². The molecular weight excluding hydrogens is 418 g/mol. The Bertz CT molecular complexity index is 959. The SMILES string of the molecule is NCCCC[C@H](N)C(=O)N[C@@H](CC(=O)O)C(=O)N[C@@H](Cc1c[nH]c2ccccc12)C(=O)O. The number of rotatable bonds is 13. The van der Waals surface area contributed by atoms with Crippen LogP contribution in [0.15, 0.2) is 30.5 Å². The number of para-hydroxylation sites is 1. The molecule has 32 heavy (non-hydrogen) atoms. The molecule has 3 atom stereocenters. The molecule has 0 aliphatic rings. The van der Waals surface area contributed by atoms with Crippen LogP contribution in [0.4, 0.5) is 0 Å². The fourth-order valence-corrected chi connectivity index (χ4v) is 3.30. The van der Waals surface area contributed by atoms with E-state index in [2.05, 4.69) is 15.6 Å². The number of nitrogens with two attached hydrogens (primary N) is 2. The highest BCUT2D eigenvalue weighted by Crippen LogP contribution is 2.19. The van der Waals surface area contributed by atoms with Gasteiger partial charge in [0.1, 0.15) is 12.1 Å². The van der Waals surface area contributed by atoms with E-state index in [0.717, 1.165) is 10.9 Å². The number of aromatic amines is 1. The fourth-order valence-electron chi connectivity index (χ4n) is 3.30. The predicted octanol–water partition coefficient (Wildman–Crippen LogP) is -0.304. The number of amides is 2. The fraction of sp³-hybridized carbons (Fsp3) is 0.429. The summed E-state index contributed by atoms with van der Waals surface area (Å²) < 4.78 is 0. The summed E-state index contributed by atoms with van der Waals surface area (Å²) in [5, 5.41) is 24.2. The Hall–Kier alpha value is -3.44. The highest BCUT2D eigenvalue weighted by molar-refractivity contribution is 5.94. The van der Waals surface area contributed by atoms with Crippen molar-refractivity contribution >= 4 is 34.7 Å². The van der Waals surface area contributed by atoms with E-state index in [-0.39, 0.29) is 6.42 Å². The number of carboxylic acid groups (broad SMARTS) is 2. The van der Waals surface area contributed by atoms with Crippen LogP contribution in [0, 0.1) is 0 Å². The molecule has 2 rings (SSSR count). The number of aromatic nitrogens is 1. The van der Waals surface area contributed by atoms with Crippen molar-refractivity contribution in [3.8, 4) is 0 Å². The smallest absolute Gasteiger partial charge is 0.326 e. The van der Waals surface area contributed by atoms with E-state index in [1.54, 1.807) is 6.20 Å². The maximum absolute atomic E-state index is 12.7. The second kappa shape index (κ2) is 11.8. The summed E-state index contributed by atoms with van der Waals surface area (Å²) in [7, 11) is 0. The lowest BCUT2D eigenvalue weighted by atomic mass is 10.0. The number of carbonyl (C=O) groups is 4. The van der Waals surface area contributed by atoms with E-state index in [4.69, 9.17) is 16.6 Å². The molecule has 0 saturated heterocycles. The van der Waals surface area contributed by atoms with Crippen LogP contribution < -0.4 is 22.1 Å². The molecule has 0 fully saturated rings. The van der Waals surface area contributed by atoms with E-state index in [0.29, 0.717) is 31.4 Å². The molecule has 2 aromatic rings. The van der Waals surface area contributed by atoms with Crippen molar-refractivity contribution in [3.05, 3.63) is 36.0 Å². The number of nitrogens with one attached hydrogen (secondary N) is 3. The van der Waals surface area contributed by atoms with Crippen molar-refractivity contribution in [2.24, 2.45) is 11.5 Å². The topological polar surface area (TPSA) is 201 Å². The molecule has 0 unspecified atom stereocenters. The number of benzene rings is 1. The Kier molecular flexibility index (Phi) is 9.17. The number of H-pyrrole nitrogens is 1. The normalized spacial score (nSPS) is 13.8. The molecule has 1 heterocycles. The van der Waals surface area contributed by atoms with Crippen molar-refractivity contribution < 1.29 is 29.4 Å². The molecule has 1 aromatic carbocycles. The van der Waals surface area contributed by atoms with Crippen molar-refractivity contribution in [3.63, 3.8) is 0 Å². The van der Waals surface area contributed by atoms with Crippen molar-refractivity contribution in [2.45, 2.75) is 50.2 Å². The number of fused-ring (bicyclic) bond motifs is 1. The molecule has 0 radical (unpaired) electrons. The van der Waals surface area contributed by atoms with Gasteiger partial charge in [0.15, 0.2) is 0 Å². The van der Waals surface area contributed by atoms with Crippen LogP contribution in [0.2, 0.25) is 0 Å². The number of carboxylic acids is 2. The molecule has 2 amide bonds. The van der Waals surface area contributed by atoms with E-state index in [1.807, 2.05) is 24.3 Å². The van der Waals surface area contributed by atoms with Gasteiger partial charge in [0, 0.05) is 23.5 Å². The number of hydrogen-bond acceptors (Lipinski definition) is 6. The van der Waals surface area contributed by atoms with Crippen molar-refractivity contribution in [1.29, 1.82) is 0 Å². The minimum absolute atomic E-state index is 0.0303. The Morgan fingerprint density at radius 1 is 1.00 bits per heavy atom. The summed E-state index contributed by atoms with van der Waals surface area (Å²) in [6, 6.07) is 3.57. The third-order valence-electron chi connectivity index (χ3n) is 5.03. The molecule has 11 heteroatoms. The van der Waals surface area contributed by atoms with Crippen LogP contribution in [0.3, 0.4) is 0 Å². The third kappa shape index (κ3) is 7.06. The molecule has 0 aliphatic carbocycles. The Morgan fingerprint density at radius 3 is 2.34 bits per heavy atom. The van der Waals surface area contributed by atoms with Crippen LogP contribution in [-0.4, -0.2) is 63.6 Å². The lowest BCUT2D eigenvalue weighted by molar-refractivity contribution is -0.143. The third-order valence-corrected chi connectivity index (χ3v) is 5.03. The zero-order valence-corrected chi connectivity index (χ0v) is 17.5. The van der Waals surface area contributed by atoms with Gasteiger partial charge in [-0.2, -0.15) is 0 Å². The summed E-state index contributed by atoms with van der Waals surface area (Å²) in [6.45, 7) is 0.450. The summed E-state index contributed by atoms with van der Waals surface area (Å²) in [5.41, 5.74) is 12.7. The zero-order valence-electron chi connectivity index (χ0n) is 17.5. The summed E-state index contributed by atoms with van der Waals surface area (Å²) in [4.78, 5) is 51.0. The minimum atomic E-state index is -1.47. The first-order valence-electron chi connectivity index (χ1n) is 10.3. The molecule has 11 nitrogen and oxygen atoms in total. The van der Waals surface area contributed by atoms with Crippen LogP contribution in [0.5, 0.6) is 0 Å². The largest absolute Gasteiger partial charge is 0.481 e. The van der Waals surface area contributed by atoms with Gasteiger partial charge in [0.25, 0.3) is 0 Å². The number of hydrogen-bond donors (Lipinski definition) is 7. The van der Waals surface area contributed by atoms with Crippen LogP contribution in [0.25, 0.3) is 10.9 Å². The highest BCUT2D eigenvalue weighted by Gasteiger charge is 2.30. The van der Waals surface area contributed by atoms with E-state index >= 15 is 0 Å². The standard InChI is InChI=1S/C21H29N5O6/c22-8-4-3-6-14(23)19(29)25-16(10-18(27)28)20(30)26-17(21(31)32)9-12-11-24-15-7-2-1-5-13(12)15/h1-2,5,7,11,14,16-17,24H,3-4,6,8-10,22-23H2,(H,25,29)(H,26,30)(H,27,28)(H,31,32)/t14-,16-,17-/m0/s1. The van der Waals surface area contributed by atoms with Crippen molar-refractivity contribution in [1.82, 2.24) is 15.6 Å². The number of unbranched alkanes of at least 4 members (excludes halogenated alkanes) is 1. The van der Waals surface area contributed by atoms with Gasteiger partial charge >= 0.3 is 11.9 Å². The quantitative estimate of drug-likeness (QED) is 0.203. The Balaban J connectivity index is 2.08. The van der Waals surface area contributed by atoms with Gasteiger partial charge in [-0.15, -0.1) is 0 Å². The monoisotopic (exact) mass is 447 g/mol. The first-order valence-corrected chi connectivity index (χ1v) is 10.3. The molecule has 0 spiro atoms. The van der Waals surface area contributed by atoms with E-state index < -0.39 is 48.3 Å². The summed E-state index contributed by atoms with van der Waals surface area (Å²) in [6.07, 6.45) is 2.51. The Labute approximate surface area is 184 Å². The number of carbonyl (C=O) groups excluding carboxylic acids is 2. The van der Waals surface area contributed by atoms with Gasteiger partial charge in [-0.25, -0.2) is 4.79 Å².